The van der Waals surface area contributed by atoms with Gasteiger partial charge < -0.3 is 8.83 Å². The quantitative estimate of drug-likeness (QED) is 0.188. The SMILES string of the molecule is c1cc(-c2cccc(-c3cccc(-c4ccc5oc6ccncc6c5c4)c3)c2)cc(-c2cccc(-c3ccc4oc5ccncc5c4c3)c2)c1. The van der Waals surface area contributed by atoms with Gasteiger partial charge in [-0.2, -0.15) is 0 Å². The number of furan rings is 2. The zero-order chi connectivity index (χ0) is 33.0. The van der Waals surface area contributed by atoms with E-state index < -0.39 is 0 Å². The van der Waals surface area contributed by atoms with E-state index in [0.29, 0.717) is 0 Å². The molecule has 4 aromatic heterocycles. The average Bonchev–Trinajstić information content (AvgIpc) is 3.76. The lowest BCUT2D eigenvalue weighted by Crippen LogP contribution is -1.85. The van der Waals surface area contributed by atoms with Crippen molar-refractivity contribution in [2.45, 2.75) is 0 Å². The Morgan fingerprint density at radius 2 is 0.580 bits per heavy atom. The molecule has 4 nitrogen and oxygen atoms in total. The van der Waals surface area contributed by atoms with E-state index in [9.17, 15) is 0 Å². The highest BCUT2D eigenvalue weighted by Gasteiger charge is 2.12. The van der Waals surface area contributed by atoms with Crippen molar-refractivity contribution in [2.24, 2.45) is 0 Å². The molecule has 0 bridgehead atoms. The normalized spacial score (nSPS) is 11.6. The number of hydrogen-bond donors (Lipinski definition) is 0. The minimum Gasteiger partial charge on any atom is -0.456 e. The highest BCUT2D eigenvalue weighted by atomic mass is 16.3. The Morgan fingerprint density at radius 1 is 0.280 bits per heavy atom. The Balaban J connectivity index is 0.968. The van der Waals surface area contributed by atoms with Crippen molar-refractivity contribution in [3.63, 3.8) is 0 Å². The fourth-order valence-electron chi connectivity index (χ4n) is 7.11. The molecule has 0 N–H and O–H groups in total. The molecule has 0 aliphatic rings. The number of hydrogen-bond acceptors (Lipinski definition) is 4. The number of fused-ring (bicyclic) bond motifs is 6. The third-order valence-corrected chi connectivity index (χ3v) is 9.66. The largest absolute Gasteiger partial charge is 0.456 e. The third kappa shape index (κ3) is 4.85. The first-order valence-corrected chi connectivity index (χ1v) is 16.7. The summed E-state index contributed by atoms with van der Waals surface area (Å²) in [5, 5.41) is 4.22. The predicted octanol–water partition coefficient (Wildman–Crippen LogP) is 12.6. The summed E-state index contributed by atoms with van der Waals surface area (Å²) in [4.78, 5) is 8.63. The Labute approximate surface area is 287 Å². The monoisotopic (exact) mass is 640 g/mol. The molecule has 4 heterocycles. The van der Waals surface area contributed by atoms with E-state index in [1.54, 1.807) is 12.4 Å². The summed E-state index contributed by atoms with van der Waals surface area (Å²) in [6.07, 6.45) is 7.28. The maximum atomic E-state index is 6.03. The van der Waals surface area contributed by atoms with Gasteiger partial charge in [-0.1, -0.05) is 84.9 Å². The second-order valence-corrected chi connectivity index (χ2v) is 12.7. The van der Waals surface area contributed by atoms with Crippen LogP contribution in [-0.4, -0.2) is 9.97 Å². The average molecular weight is 641 g/mol. The van der Waals surface area contributed by atoms with Crippen LogP contribution in [0.25, 0.3) is 99.5 Å². The van der Waals surface area contributed by atoms with Gasteiger partial charge >= 0.3 is 0 Å². The van der Waals surface area contributed by atoms with E-state index in [1.165, 1.54) is 33.4 Å². The molecule has 0 aliphatic carbocycles. The Hall–Kier alpha value is -6.78. The van der Waals surface area contributed by atoms with E-state index in [2.05, 4.69) is 143 Å². The molecule has 0 amide bonds. The first-order valence-electron chi connectivity index (χ1n) is 16.7. The molecule has 10 aromatic rings. The van der Waals surface area contributed by atoms with Crippen LogP contribution in [0.5, 0.6) is 0 Å². The van der Waals surface area contributed by atoms with Gasteiger partial charge in [0.1, 0.15) is 22.3 Å². The van der Waals surface area contributed by atoms with Gasteiger partial charge in [0, 0.05) is 46.3 Å². The summed E-state index contributed by atoms with van der Waals surface area (Å²) in [6.45, 7) is 0. The Kier molecular flexibility index (Phi) is 6.46. The molecule has 0 aliphatic heterocycles. The topological polar surface area (TPSA) is 52.1 Å². The van der Waals surface area contributed by atoms with E-state index in [-0.39, 0.29) is 0 Å². The van der Waals surface area contributed by atoms with Gasteiger partial charge in [0.25, 0.3) is 0 Å². The van der Waals surface area contributed by atoms with Crippen LogP contribution in [0.3, 0.4) is 0 Å². The molecule has 4 heteroatoms. The lowest BCUT2D eigenvalue weighted by Gasteiger charge is -2.11. The summed E-state index contributed by atoms with van der Waals surface area (Å²) in [7, 11) is 0. The van der Waals surface area contributed by atoms with E-state index in [4.69, 9.17) is 8.83 Å². The van der Waals surface area contributed by atoms with Crippen molar-refractivity contribution in [3.8, 4) is 55.6 Å². The first-order chi connectivity index (χ1) is 24.7. The first kappa shape index (κ1) is 28.3. The van der Waals surface area contributed by atoms with Crippen LogP contribution in [-0.2, 0) is 0 Å². The smallest absolute Gasteiger partial charge is 0.138 e. The van der Waals surface area contributed by atoms with Crippen LogP contribution in [0.1, 0.15) is 0 Å². The van der Waals surface area contributed by atoms with Gasteiger partial charge in [-0.15, -0.1) is 0 Å². The van der Waals surface area contributed by atoms with Gasteiger partial charge in [0.15, 0.2) is 0 Å². The van der Waals surface area contributed by atoms with Crippen molar-refractivity contribution >= 4 is 43.9 Å². The van der Waals surface area contributed by atoms with E-state index in [1.807, 2.05) is 24.5 Å². The summed E-state index contributed by atoms with van der Waals surface area (Å²) >= 11 is 0. The van der Waals surface area contributed by atoms with Gasteiger partial charge in [-0.25, -0.2) is 0 Å². The summed E-state index contributed by atoms with van der Waals surface area (Å²) in [5.41, 5.74) is 15.1. The van der Waals surface area contributed by atoms with E-state index >= 15 is 0 Å². The summed E-state index contributed by atoms with van der Waals surface area (Å²) < 4.78 is 12.1. The Bertz CT molecular complexity index is 2700. The zero-order valence-corrected chi connectivity index (χ0v) is 26.9. The molecule has 6 aromatic carbocycles. The molecule has 0 saturated carbocycles. The third-order valence-electron chi connectivity index (χ3n) is 9.66. The molecule has 234 valence electrons. The fourth-order valence-corrected chi connectivity index (χ4v) is 7.11. The Morgan fingerprint density at radius 3 is 0.920 bits per heavy atom. The van der Waals surface area contributed by atoms with Gasteiger partial charge in [0.2, 0.25) is 0 Å². The molecule has 0 unspecified atom stereocenters. The maximum absolute atomic E-state index is 6.03. The van der Waals surface area contributed by atoms with Crippen LogP contribution in [0.15, 0.2) is 179 Å². The van der Waals surface area contributed by atoms with Crippen molar-refractivity contribution in [1.82, 2.24) is 9.97 Å². The molecule has 0 spiro atoms. The highest BCUT2D eigenvalue weighted by molar-refractivity contribution is 6.07. The molecule has 10 rings (SSSR count). The van der Waals surface area contributed by atoms with Crippen LogP contribution in [0, 0.1) is 0 Å². The van der Waals surface area contributed by atoms with Crippen molar-refractivity contribution in [1.29, 1.82) is 0 Å². The molecule has 0 saturated heterocycles. The second kappa shape index (κ2) is 11.4. The van der Waals surface area contributed by atoms with E-state index in [0.717, 1.165) is 66.1 Å². The van der Waals surface area contributed by atoms with Crippen molar-refractivity contribution in [3.05, 3.63) is 170 Å². The second-order valence-electron chi connectivity index (χ2n) is 12.7. The van der Waals surface area contributed by atoms with Crippen LogP contribution >= 0.6 is 0 Å². The van der Waals surface area contributed by atoms with Crippen molar-refractivity contribution < 1.29 is 8.83 Å². The minimum atomic E-state index is 0.855. The lowest BCUT2D eigenvalue weighted by atomic mass is 9.94. The standard InChI is InChI=1S/C46H28N2O2/c1-5-29(21-31(7-1)33-9-3-11-35(23-33)37-13-15-43-39(25-37)41-27-47-19-17-45(41)49-43)30-6-2-8-32(22-30)34-10-4-12-36(24-34)38-14-16-44-40(26-38)42-28-48-20-18-46(42)50-44/h1-28H. The molecular weight excluding hydrogens is 613 g/mol. The number of benzene rings is 6. The van der Waals surface area contributed by atoms with Crippen molar-refractivity contribution in [2.75, 3.05) is 0 Å². The van der Waals surface area contributed by atoms with Gasteiger partial charge in [-0.05, 0) is 116 Å². The molecule has 0 atom stereocenters. The van der Waals surface area contributed by atoms with Crippen LogP contribution in [0.4, 0.5) is 0 Å². The summed E-state index contributed by atoms with van der Waals surface area (Å²) in [5.74, 6) is 0. The number of pyridine rings is 2. The van der Waals surface area contributed by atoms with Gasteiger partial charge in [0.05, 0.1) is 0 Å². The summed E-state index contributed by atoms with van der Waals surface area (Å²) in [6, 6.07) is 51.7. The molecular formula is C46H28N2O2. The zero-order valence-electron chi connectivity index (χ0n) is 26.9. The highest BCUT2D eigenvalue weighted by Crippen LogP contribution is 2.36. The minimum absolute atomic E-state index is 0.855. The van der Waals surface area contributed by atoms with Crippen LogP contribution in [0.2, 0.25) is 0 Å². The maximum Gasteiger partial charge on any atom is 0.138 e. The number of nitrogens with zero attached hydrogens (tertiary/aromatic N) is 2. The predicted molar refractivity (Wildman–Crippen MR) is 204 cm³/mol. The fraction of sp³-hybridized carbons (Fsp3) is 0. The van der Waals surface area contributed by atoms with Crippen LogP contribution < -0.4 is 0 Å². The lowest BCUT2D eigenvalue weighted by molar-refractivity contribution is 0.668. The number of aromatic nitrogens is 2. The molecule has 0 fully saturated rings. The number of rotatable bonds is 5. The molecule has 0 radical (unpaired) electrons. The van der Waals surface area contributed by atoms with Gasteiger partial charge in [-0.3, -0.25) is 9.97 Å². The molecule has 50 heavy (non-hydrogen) atoms.